The van der Waals surface area contributed by atoms with Crippen molar-refractivity contribution in [3.8, 4) is 0 Å². The smallest absolute Gasteiger partial charge is 0.239 e. The van der Waals surface area contributed by atoms with Crippen LogP contribution in [0.5, 0.6) is 0 Å². The van der Waals surface area contributed by atoms with E-state index in [-0.39, 0.29) is 17.6 Å². The summed E-state index contributed by atoms with van der Waals surface area (Å²) in [6.07, 6.45) is 1.06. The van der Waals surface area contributed by atoms with Crippen LogP contribution < -0.4 is 5.32 Å². The van der Waals surface area contributed by atoms with Gasteiger partial charge in [0.25, 0.3) is 0 Å². The van der Waals surface area contributed by atoms with E-state index in [4.69, 9.17) is 0 Å². The molecule has 1 aromatic rings. The third kappa shape index (κ3) is 1.70. The summed E-state index contributed by atoms with van der Waals surface area (Å²) in [6.45, 7) is 3.71. The number of carbonyl (C=O) groups excluding carboxylic acids is 3. The van der Waals surface area contributed by atoms with Crippen molar-refractivity contribution in [3.05, 3.63) is 28.7 Å². The van der Waals surface area contributed by atoms with Gasteiger partial charge in [-0.05, 0) is 46.3 Å². The fourth-order valence-corrected chi connectivity index (χ4v) is 4.26. The molecule has 2 saturated carbocycles. The molecular formula is C16H16BrNO3. The van der Waals surface area contributed by atoms with Gasteiger partial charge in [-0.15, -0.1) is 0 Å². The molecule has 2 unspecified atom stereocenters. The molecule has 0 aliphatic heterocycles. The number of carbonyl (C=O) groups is 3. The predicted molar refractivity (Wildman–Crippen MR) is 81.7 cm³/mol. The summed E-state index contributed by atoms with van der Waals surface area (Å²) in [5, 5.41) is 2.82. The number of rotatable bonds is 2. The average Bonchev–Trinajstić information content (AvgIpc) is 2.78. The highest BCUT2D eigenvalue weighted by Gasteiger charge is 2.72. The van der Waals surface area contributed by atoms with Crippen LogP contribution in [0, 0.1) is 16.7 Å². The van der Waals surface area contributed by atoms with Crippen molar-refractivity contribution in [3.63, 3.8) is 0 Å². The quantitative estimate of drug-likeness (QED) is 0.659. The first-order valence-electron chi connectivity index (χ1n) is 6.97. The van der Waals surface area contributed by atoms with E-state index in [1.807, 2.05) is 32.0 Å². The van der Waals surface area contributed by atoms with E-state index >= 15 is 0 Å². The summed E-state index contributed by atoms with van der Waals surface area (Å²) in [4.78, 5) is 37.3. The highest BCUT2D eigenvalue weighted by molar-refractivity contribution is 9.10. The average molecular weight is 350 g/mol. The molecule has 2 atom stereocenters. The Balaban J connectivity index is 1.99. The van der Waals surface area contributed by atoms with Crippen LogP contribution in [0.25, 0.3) is 0 Å². The number of anilines is 1. The molecule has 0 saturated heterocycles. The number of benzene rings is 1. The van der Waals surface area contributed by atoms with E-state index in [0.29, 0.717) is 18.5 Å². The zero-order chi connectivity index (χ0) is 15.4. The van der Waals surface area contributed by atoms with E-state index in [1.54, 1.807) is 6.07 Å². The second kappa shape index (κ2) is 4.50. The molecule has 1 amide bonds. The number of amides is 1. The van der Waals surface area contributed by atoms with Gasteiger partial charge < -0.3 is 5.32 Å². The zero-order valence-corrected chi connectivity index (χ0v) is 13.5. The Kier molecular flexibility index (Phi) is 3.10. The summed E-state index contributed by atoms with van der Waals surface area (Å²) in [6, 6.07) is 7.23. The van der Waals surface area contributed by atoms with Crippen molar-refractivity contribution in [2.45, 2.75) is 26.7 Å². The maximum atomic E-state index is 12.8. The Labute approximate surface area is 131 Å². The number of halogens is 1. The first-order chi connectivity index (χ1) is 9.82. The lowest BCUT2D eigenvalue weighted by atomic mass is 9.68. The molecule has 110 valence electrons. The Morgan fingerprint density at radius 2 is 1.95 bits per heavy atom. The van der Waals surface area contributed by atoms with Crippen LogP contribution in [0.4, 0.5) is 5.69 Å². The molecule has 5 heteroatoms. The molecular weight excluding hydrogens is 334 g/mol. The van der Waals surface area contributed by atoms with Crippen LogP contribution in [0.15, 0.2) is 28.7 Å². The summed E-state index contributed by atoms with van der Waals surface area (Å²) in [5.41, 5.74) is -1.22. The third-order valence-electron chi connectivity index (χ3n) is 5.22. The number of nitrogens with one attached hydrogen (secondary N) is 1. The summed E-state index contributed by atoms with van der Waals surface area (Å²) < 4.78 is 0.749. The van der Waals surface area contributed by atoms with Crippen molar-refractivity contribution in [1.82, 2.24) is 0 Å². The van der Waals surface area contributed by atoms with Crippen LogP contribution in [0.2, 0.25) is 0 Å². The van der Waals surface area contributed by atoms with Gasteiger partial charge in [-0.2, -0.15) is 0 Å². The molecule has 4 nitrogen and oxygen atoms in total. The second-order valence-corrected chi connectivity index (χ2v) is 7.20. The monoisotopic (exact) mass is 349 g/mol. The second-order valence-electron chi connectivity index (χ2n) is 6.35. The van der Waals surface area contributed by atoms with Crippen LogP contribution in [-0.2, 0) is 14.4 Å². The van der Waals surface area contributed by atoms with E-state index in [1.165, 1.54) is 0 Å². The van der Waals surface area contributed by atoms with Crippen LogP contribution in [-0.4, -0.2) is 17.5 Å². The van der Waals surface area contributed by atoms with Gasteiger partial charge in [0.15, 0.2) is 0 Å². The van der Waals surface area contributed by atoms with E-state index < -0.39 is 16.6 Å². The number of para-hydroxylation sites is 1. The van der Waals surface area contributed by atoms with Crippen molar-refractivity contribution < 1.29 is 14.4 Å². The van der Waals surface area contributed by atoms with Crippen molar-refractivity contribution in [1.29, 1.82) is 0 Å². The number of ketones is 2. The SMILES string of the molecule is CC1(C)C2CCC1(C(=O)Nc1ccccc1Br)C(=O)C2=O. The molecule has 2 fully saturated rings. The van der Waals surface area contributed by atoms with Crippen molar-refractivity contribution >= 4 is 39.1 Å². The fourth-order valence-electron chi connectivity index (χ4n) is 3.88. The van der Waals surface area contributed by atoms with Crippen molar-refractivity contribution in [2.75, 3.05) is 5.32 Å². The predicted octanol–water partition coefficient (Wildman–Crippen LogP) is 2.96. The van der Waals surface area contributed by atoms with Gasteiger partial charge in [-0.25, -0.2) is 0 Å². The molecule has 2 aliphatic rings. The third-order valence-corrected chi connectivity index (χ3v) is 5.91. The molecule has 3 rings (SSSR count). The zero-order valence-electron chi connectivity index (χ0n) is 11.9. The maximum Gasteiger partial charge on any atom is 0.239 e. The Morgan fingerprint density at radius 3 is 2.52 bits per heavy atom. The maximum absolute atomic E-state index is 12.8. The lowest BCUT2D eigenvalue weighted by molar-refractivity contribution is -0.147. The molecule has 0 spiro atoms. The summed E-state index contributed by atoms with van der Waals surface area (Å²) in [7, 11) is 0. The van der Waals surface area contributed by atoms with E-state index in [0.717, 1.165) is 4.47 Å². The first kappa shape index (κ1) is 14.4. The number of hydrogen-bond acceptors (Lipinski definition) is 3. The van der Waals surface area contributed by atoms with Gasteiger partial charge in [0.2, 0.25) is 17.5 Å². The summed E-state index contributed by atoms with van der Waals surface area (Å²) >= 11 is 3.37. The van der Waals surface area contributed by atoms with Gasteiger partial charge in [0.05, 0.1) is 5.69 Å². The molecule has 1 aromatic carbocycles. The van der Waals surface area contributed by atoms with Gasteiger partial charge >= 0.3 is 0 Å². The Bertz CT molecular complexity index is 667. The standard InChI is InChI=1S/C16H16BrNO3/c1-15(2)9-7-8-16(15,13(20)12(9)19)14(21)18-11-6-4-3-5-10(11)17/h3-6,9H,7-8H2,1-2H3,(H,18,21). The minimum absolute atomic E-state index is 0.324. The number of Topliss-reactive ketones (excluding diaryl/α,β-unsaturated/α-hetero) is 2. The lowest BCUT2D eigenvalue weighted by Crippen LogP contribution is -2.47. The normalized spacial score (nSPS) is 29.8. The van der Waals surface area contributed by atoms with Gasteiger partial charge in [-0.1, -0.05) is 26.0 Å². The van der Waals surface area contributed by atoms with E-state index in [2.05, 4.69) is 21.2 Å². The Hall–Kier alpha value is -1.49. The highest BCUT2D eigenvalue weighted by Crippen LogP contribution is 2.62. The molecule has 0 aromatic heterocycles. The lowest BCUT2D eigenvalue weighted by Gasteiger charge is -2.33. The minimum atomic E-state index is -1.22. The molecule has 0 radical (unpaired) electrons. The molecule has 2 aliphatic carbocycles. The minimum Gasteiger partial charge on any atom is -0.324 e. The van der Waals surface area contributed by atoms with Crippen molar-refractivity contribution in [2.24, 2.45) is 16.7 Å². The molecule has 2 bridgehead atoms. The van der Waals surface area contributed by atoms with Crippen LogP contribution in [0.3, 0.4) is 0 Å². The van der Waals surface area contributed by atoms with E-state index in [9.17, 15) is 14.4 Å². The van der Waals surface area contributed by atoms with Gasteiger partial charge in [0, 0.05) is 10.4 Å². The van der Waals surface area contributed by atoms with Gasteiger partial charge in [0.1, 0.15) is 5.41 Å². The molecule has 1 N–H and O–H groups in total. The molecule has 21 heavy (non-hydrogen) atoms. The van der Waals surface area contributed by atoms with Gasteiger partial charge in [-0.3, -0.25) is 14.4 Å². The molecule has 0 heterocycles. The first-order valence-corrected chi connectivity index (χ1v) is 7.76. The van der Waals surface area contributed by atoms with Crippen LogP contribution in [0.1, 0.15) is 26.7 Å². The summed E-state index contributed by atoms with van der Waals surface area (Å²) in [5.74, 6) is -1.59. The largest absolute Gasteiger partial charge is 0.324 e. The fraction of sp³-hybridized carbons (Fsp3) is 0.438. The highest BCUT2D eigenvalue weighted by atomic mass is 79.9. The topological polar surface area (TPSA) is 63.2 Å². The van der Waals surface area contributed by atoms with Crippen LogP contribution >= 0.6 is 15.9 Å². The number of hydrogen-bond donors (Lipinski definition) is 1. The number of fused-ring (bicyclic) bond motifs is 2. The Morgan fingerprint density at radius 1 is 1.29 bits per heavy atom.